The molecule has 7 nitrogen and oxygen atoms in total. The molecule has 2 unspecified atom stereocenters. The largest absolute Gasteiger partial charge is 0.352 e. The molecule has 2 atom stereocenters. The van der Waals surface area contributed by atoms with Crippen molar-refractivity contribution in [3.8, 4) is 5.82 Å². The number of aromatic nitrogens is 3. The Morgan fingerprint density at radius 1 is 0.895 bits per heavy atom. The number of nitrogens with one attached hydrogen (secondary N) is 2. The van der Waals surface area contributed by atoms with Gasteiger partial charge in [-0.1, -0.05) is 48.5 Å². The number of fused-ring (bicyclic) bond motifs is 1. The molecule has 2 N–H and O–H groups in total. The maximum atomic E-state index is 13.1. The Morgan fingerprint density at radius 3 is 2.50 bits per heavy atom. The molecule has 6 rings (SSSR count). The van der Waals surface area contributed by atoms with Crippen LogP contribution in [-0.2, 0) is 4.79 Å². The minimum atomic E-state index is -0.181. The quantitative estimate of drug-likeness (QED) is 0.280. The molecule has 1 amide bonds. The molecule has 1 fully saturated rings. The molecule has 38 heavy (non-hydrogen) atoms. The van der Waals surface area contributed by atoms with Crippen molar-refractivity contribution < 1.29 is 4.79 Å². The van der Waals surface area contributed by atoms with Crippen LogP contribution in [0.25, 0.3) is 16.6 Å². The van der Waals surface area contributed by atoms with Crippen LogP contribution in [0.4, 0.5) is 5.69 Å². The van der Waals surface area contributed by atoms with E-state index in [4.69, 9.17) is 12.2 Å². The van der Waals surface area contributed by atoms with Crippen LogP contribution in [0, 0.1) is 0 Å². The normalized spacial score (nSPS) is 16.9. The van der Waals surface area contributed by atoms with E-state index in [9.17, 15) is 4.79 Å². The molecule has 188 valence electrons. The highest BCUT2D eigenvalue weighted by Gasteiger charge is 2.41. The van der Waals surface area contributed by atoms with E-state index in [1.165, 1.54) is 0 Å². The van der Waals surface area contributed by atoms with E-state index in [0.717, 1.165) is 33.7 Å². The van der Waals surface area contributed by atoms with E-state index < -0.39 is 0 Å². The zero-order chi connectivity index (χ0) is 25.9. The van der Waals surface area contributed by atoms with Crippen LogP contribution in [-0.4, -0.2) is 37.0 Å². The highest BCUT2D eigenvalue weighted by molar-refractivity contribution is 7.80. The van der Waals surface area contributed by atoms with Gasteiger partial charge < -0.3 is 20.1 Å². The van der Waals surface area contributed by atoms with Crippen molar-refractivity contribution in [2.45, 2.75) is 18.5 Å². The standard InChI is InChI=1S/C30H26N6OS/c37-27(33-23-13-7-10-21-9-1-2-11-22(21)23)16-20-36-29(28(34-30(36)38)24-12-3-5-17-31-24)25-14-8-19-35(25)26-15-4-6-18-32-26/h1-15,17-19,28-29H,16,20H2,(H,33,37)(H,34,38). The summed E-state index contributed by atoms with van der Waals surface area (Å²) in [4.78, 5) is 24.4. The molecule has 4 heterocycles. The van der Waals surface area contributed by atoms with Crippen LogP contribution in [0.2, 0.25) is 0 Å². The summed E-state index contributed by atoms with van der Waals surface area (Å²) in [6, 6.07) is 29.4. The van der Waals surface area contributed by atoms with E-state index in [0.29, 0.717) is 11.7 Å². The van der Waals surface area contributed by atoms with Crippen molar-refractivity contribution >= 4 is 39.7 Å². The Hall–Kier alpha value is -4.56. The SMILES string of the molecule is O=C(CCN1C(=S)NC(c2ccccn2)C1c1cccn1-c1ccccn1)Nc1cccc2ccccc12. The molecular weight excluding hydrogens is 492 g/mol. The lowest BCUT2D eigenvalue weighted by atomic mass is 10.0. The fourth-order valence-electron chi connectivity index (χ4n) is 5.08. The topological polar surface area (TPSA) is 75.1 Å². The van der Waals surface area contributed by atoms with Crippen molar-refractivity contribution in [3.63, 3.8) is 0 Å². The number of carbonyl (C=O) groups excluding carboxylic acids is 1. The summed E-state index contributed by atoms with van der Waals surface area (Å²) in [5.74, 6) is 0.753. The first kappa shape index (κ1) is 23.8. The van der Waals surface area contributed by atoms with Crippen LogP contribution < -0.4 is 10.6 Å². The van der Waals surface area contributed by atoms with Gasteiger partial charge >= 0.3 is 0 Å². The zero-order valence-electron chi connectivity index (χ0n) is 20.6. The Labute approximate surface area is 226 Å². The molecular formula is C30H26N6OS. The molecule has 1 aliphatic rings. The third-order valence-electron chi connectivity index (χ3n) is 6.82. The fraction of sp³-hybridized carbons (Fsp3) is 0.133. The minimum Gasteiger partial charge on any atom is -0.352 e. The van der Waals surface area contributed by atoms with Crippen molar-refractivity contribution in [2.24, 2.45) is 0 Å². The van der Waals surface area contributed by atoms with E-state index in [2.05, 4.69) is 36.1 Å². The number of nitrogens with zero attached hydrogens (tertiary/aromatic N) is 4. The van der Waals surface area contributed by atoms with Gasteiger partial charge in [0.05, 0.1) is 17.8 Å². The summed E-state index contributed by atoms with van der Waals surface area (Å²) in [5, 5.41) is 9.26. The van der Waals surface area contributed by atoms with Gasteiger partial charge in [-0.15, -0.1) is 0 Å². The number of pyridine rings is 2. The predicted octanol–water partition coefficient (Wildman–Crippen LogP) is 5.42. The summed E-state index contributed by atoms with van der Waals surface area (Å²) in [7, 11) is 0. The lowest BCUT2D eigenvalue weighted by Crippen LogP contribution is -2.33. The number of carbonyl (C=O) groups is 1. The molecule has 0 spiro atoms. The molecule has 0 saturated carbocycles. The van der Waals surface area contributed by atoms with Gasteiger partial charge in [-0.3, -0.25) is 9.78 Å². The molecule has 8 heteroatoms. The second-order valence-electron chi connectivity index (χ2n) is 9.14. The Balaban J connectivity index is 1.28. The lowest BCUT2D eigenvalue weighted by molar-refractivity contribution is -0.116. The highest BCUT2D eigenvalue weighted by atomic mass is 32.1. The number of anilines is 1. The van der Waals surface area contributed by atoms with E-state index in [1.807, 2.05) is 91.1 Å². The second kappa shape index (κ2) is 10.4. The number of benzene rings is 2. The maximum absolute atomic E-state index is 13.1. The molecule has 3 aromatic heterocycles. The van der Waals surface area contributed by atoms with Gasteiger partial charge in [0.2, 0.25) is 5.91 Å². The first-order valence-corrected chi connectivity index (χ1v) is 12.9. The van der Waals surface area contributed by atoms with Crippen LogP contribution >= 0.6 is 12.2 Å². The fourth-order valence-corrected chi connectivity index (χ4v) is 5.41. The van der Waals surface area contributed by atoms with Crippen molar-refractivity contribution in [2.75, 3.05) is 11.9 Å². The Kier molecular flexibility index (Phi) is 6.54. The van der Waals surface area contributed by atoms with E-state index in [-0.39, 0.29) is 24.4 Å². The Bertz CT molecular complexity index is 1580. The molecule has 5 aromatic rings. The molecule has 2 aromatic carbocycles. The smallest absolute Gasteiger partial charge is 0.226 e. The third-order valence-corrected chi connectivity index (χ3v) is 7.17. The van der Waals surface area contributed by atoms with E-state index in [1.54, 1.807) is 12.4 Å². The lowest BCUT2D eigenvalue weighted by Gasteiger charge is -2.28. The van der Waals surface area contributed by atoms with Crippen LogP contribution in [0.1, 0.15) is 29.9 Å². The van der Waals surface area contributed by atoms with E-state index >= 15 is 0 Å². The molecule has 0 bridgehead atoms. The zero-order valence-corrected chi connectivity index (χ0v) is 21.4. The first-order chi connectivity index (χ1) is 18.7. The Morgan fingerprint density at radius 2 is 1.68 bits per heavy atom. The second-order valence-corrected chi connectivity index (χ2v) is 9.52. The van der Waals surface area contributed by atoms with Gasteiger partial charge in [-0.25, -0.2) is 4.98 Å². The summed E-state index contributed by atoms with van der Waals surface area (Å²) < 4.78 is 2.07. The number of thiocarbonyl (C=S) groups is 1. The molecule has 0 aliphatic carbocycles. The summed E-state index contributed by atoms with van der Waals surface area (Å²) in [5.41, 5.74) is 2.71. The number of hydrogen-bond acceptors (Lipinski definition) is 4. The average Bonchev–Trinajstić information content (AvgIpc) is 3.57. The van der Waals surface area contributed by atoms with Gasteiger partial charge in [0, 0.05) is 48.3 Å². The van der Waals surface area contributed by atoms with Crippen LogP contribution in [0.15, 0.2) is 110 Å². The summed E-state index contributed by atoms with van der Waals surface area (Å²) >= 11 is 5.80. The third kappa shape index (κ3) is 4.62. The van der Waals surface area contributed by atoms with Crippen molar-refractivity contribution in [3.05, 3.63) is 121 Å². The molecule has 0 radical (unpaired) electrons. The predicted molar refractivity (Wildman–Crippen MR) is 153 cm³/mol. The minimum absolute atomic E-state index is 0.0655. The van der Waals surface area contributed by atoms with Crippen molar-refractivity contribution in [1.82, 2.24) is 24.8 Å². The number of hydrogen-bond donors (Lipinski definition) is 2. The summed E-state index contributed by atoms with van der Waals surface area (Å²) in [6.45, 7) is 0.448. The molecule has 1 saturated heterocycles. The average molecular weight is 519 g/mol. The van der Waals surface area contributed by atoms with Crippen molar-refractivity contribution in [1.29, 1.82) is 0 Å². The summed E-state index contributed by atoms with van der Waals surface area (Å²) in [6.07, 6.45) is 5.85. The number of rotatable bonds is 7. The first-order valence-electron chi connectivity index (χ1n) is 12.5. The monoisotopic (exact) mass is 518 g/mol. The highest BCUT2D eigenvalue weighted by Crippen LogP contribution is 2.39. The molecule has 1 aliphatic heterocycles. The van der Waals surface area contributed by atoms with Gasteiger partial charge in [-0.05, 0) is 60.1 Å². The van der Waals surface area contributed by atoms with Gasteiger partial charge in [0.1, 0.15) is 5.82 Å². The van der Waals surface area contributed by atoms with Crippen LogP contribution in [0.3, 0.4) is 0 Å². The maximum Gasteiger partial charge on any atom is 0.226 e. The van der Waals surface area contributed by atoms with Gasteiger partial charge in [0.25, 0.3) is 0 Å². The van der Waals surface area contributed by atoms with Gasteiger partial charge in [0.15, 0.2) is 5.11 Å². The van der Waals surface area contributed by atoms with Gasteiger partial charge in [-0.2, -0.15) is 0 Å². The van der Waals surface area contributed by atoms with Crippen LogP contribution in [0.5, 0.6) is 0 Å². The number of amides is 1.